The molecule has 0 spiro atoms. The number of hydrogen-bond acceptors (Lipinski definition) is 1. The average molecular weight is 280 g/mol. The first kappa shape index (κ1) is 4.83. The molecule has 1 fully saturated rings. The van der Waals surface area contributed by atoms with Crippen molar-refractivity contribution in [2.75, 3.05) is 0 Å². The fourth-order valence-electron chi connectivity index (χ4n) is 0.492. The molecule has 0 N–H and O–H groups in total. The van der Waals surface area contributed by atoms with E-state index in [4.69, 9.17) is 0 Å². The van der Waals surface area contributed by atoms with Crippen LogP contribution < -0.4 is 0 Å². The molecule has 0 saturated heterocycles. The van der Waals surface area contributed by atoms with Gasteiger partial charge in [-0.1, -0.05) is 0 Å². The van der Waals surface area contributed by atoms with Crippen LogP contribution in [0.15, 0.2) is 0 Å². The van der Waals surface area contributed by atoms with Crippen LogP contribution in [0.4, 0.5) is 0 Å². The van der Waals surface area contributed by atoms with Crippen LogP contribution in [0.25, 0.3) is 0 Å². The van der Waals surface area contributed by atoms with Crippen molar-refractivity contribution >= 4 is 23.2 Å². The Balaban J connectivity index is 2.16. The summed E-state index contributed by atoms with van der Waals surface area (Å²) in [6.07, 6.45) is 3.90. The first-order valence-electron chi connectivity index (χ1n) is 2.26. The van der Waals surface area contributed by atoms with Gasteiger partial charge in [0.2, 0.25) is 0 Å². The SMILES string of the molecule is [O]=[Bi][CH]1CCC1. The van der Waals surface area contributed by atoms with E-state index in [2.05, 4.69) is 0 Å². The Bertz CT molecular complexity index is 58.6. The summed E-state index contributed by atoms with van der Waals surface area (Å²) in [6, 6.07) is 0. The molecule has 0 aliphatic heterocycles. The van der Waals surface area contributed by atoms with Gasteiger partial charge in [-0.25, -0.2) is 0 Å². The zero-order valence-electron chi connectivity index (χ0n) is 3.55. The normalized spacial score (nSPS) is 22.7. The van der Waals surface area contributed by atoms with Crippen LogP contribution in [0.3, 0.4) is 0 Å². The third kappa shape index (κ3) is 0.843. The van der Waals surface area contributed by atoms with E-state index in [1.807, 2.05) is 0 Å². The Morgan fingerprint density at radius 1 is 1.50 bits per heavy atom. The van der Waals surface area contributed by atoms with Crippen molar-refractivity contribution in [3.05, 3.63) is 0 Å². The summed E-state index contributed by atoms with van der Waals surface area (Å²) in [7, 11) is 0. The van der Waals surface area contributed by atoms with Crippen LogP contribution in [0.2, 0.25) is 3.63 Å². The monoisotopic (exact) mass is 280 g/mol. The Labute approximate surface area is 49.1 Å². The van der Waals surface area contributed by atoms with Gasteiger partial charge in [0.15, 0.2) is 0 Å². The third-order valence-electron chi connectivity index (χ3n) is 1.22. The second-order valence-corrected chi connectivity index (χ2v) is 5.35. The van der Waals surface area contributed by atoms with Crippen LogP contribution in [0.1, 0.15) is 19.3 Å². The van der Waals surface area contributed by atoms with E-state index in [0.717, 1.165) is 3.63 Å². The van der Waals surface area contributed by atoms with E-state index in [0.29, 0.717) is 0 Å². The van der Waals surface area contributed by atoms with Crippen molar-refractivity contribution in [1.82, 2.24) is 0 Å². The molecule has 0 atom stereocenters. The standard InChI is InChI=1S/C4H7.Bi.O/c1-2-4-3-1;;/h1H,2-4H2;;. The van der Waals surface area contributed by atoms with Crippen LogP contribution in [-0.2, 0) is 2.81 Å². The van der Waals surface area contributed by atoms with Gasteiger partial charge in [0.25, 0.3) is 0 Å². The van der Waals surface area contributed by atoms with E-state index < -0.39 is 23.2 Å². The minimum atomic E-state index is -1.12. The Kier molecular flexibility index (Phi) is 1.70. The molecule has 1 aliphatic carbocycles. The molecule has 34 valence electrons. The summed E-state index contributed by atoms with van der Waals surface area (Å²) in [5.41, 5.74) is 0. The van der Waals surface area contributed by atoms with Crippen molar-refractivity contribution in [2.45, 2.75) is 22.9 Å². The molecule has 0 heterocycles. The van der Waals surface area contributed by atoms with Gasteiger partial charge in [-0.3, -0.25) is 0 Å². The van der Waals surface area contributed by atoms with Gasteiger partial charge in [0, 0.05) is 0 Å². The molecule has 1 aliphatic rings. The zero-order valence-corrected chi connectivity index (χ0v) is 7.03. The van der Waals surface area contributed by atoms with E-state index in [9.17, 15) is 2.81 Å². The maximum absolute atomic E-state index is 10.1. The van der Waals surface area contributed by atoms with Crippen molar-refractivity contribution in [1.29, 1.82) is 0 Å². The van der Waals surface area contributed by atoms with Gasteiger partial charge < -0.3 is 0 Å². The van der Waals surface area contributed by atoms with Crippen molar-refractivity contribution in [3.8, 4) is 0 Å². The summed E-state index contributed by atoms with van der Waals surface area (Å²) in [6.45, 7) is 0. The van der Waals surface area contributed by atoms with Gasteiger partial charge in [-0.15, -0.1) is 0 Å². The molecule has 0 aromatic carbocycles. The number of hydrogen-bond donors (Lipinski definition) is 0. The van der Waals surface area contributed by atoms with E-state index in [1.165, 1.54) is 19.3 Å². The Morgan fingerprint density at radius 3 is 2.17 bits per heavy atom. The molecule has 6 heavy (non-hydrogen) atoms. The molecular formula is C4H7BiO. The molecule has 0 bridgehead atoms. The van der Waals surface area contributed by atoms with E-state index in [1.54, 1.807) is 0 Å². The fraction of sp³-hybridized carbons (Fsp3) is 1.00. The van der Waals surface area contributed by atoms with Crippen molar-refractivity contribution in [2.24, 2.45) is 0 Å². The molecule has 0 amide bonds. The predicted molar refractivity (Wildman–Crippen MR) is 24.0 cm³/mol. The molecule has 1 rings (SSSR count). The maximum atomic E-state index is 10.1. The molecule has 0 unspecified atom stereocenters. The second-order valence-electron chi connectivity index (χ2n) is 1.69. The molecule has 1 saturated carbocycles. The third-order valence-corrected chi connectivity index (χ3v) is 4.39. The van der Waals surface area contributed by atoms with Gasteiger partial charge >= 0.3 is 48.9 Å². The topological polar surface area (TPSA) is 17.1 Å². The van der Waals surface area contributed by atoms with Crippen molar-refractivity contribution in [3.63, 3.8) is 0 Å². The van der Waals surface area contributed by atoms with Crippen LogP contribution in [-0.4, -0.2) is 23.2 Å². The molecule has 0 aromatic heterocycles. The summed E-state index contributed by atoms with van der Waals surface area (Å²) >= 11 is -1.12. The van der Waals surface area contributed by atoms with Crippen molar-refractivity contribution < 1.29 is 2.81 Å². The van der Waals surface area contributed by atoms with E-state index in [-0.39, 0.29) is 0 Å². The average Bonchev–Trinajstić information content (AvgIpc) is 1.31. The summed E-state index contributed by atoms with van der Waals surface area (Å²) in [4.78, 5) is 0. The summed E-state index contributed by atoms with van der Waals surface area (Å²) in [5, 5.41) is 0. The molecule has 0 radical (unpaired) electrons. The van der Waals surface area contributed by atoms with Crippen LogP contribution in [0.5, 0.6) is 0 Å². The second kappa shape index (κ2) is 2.11. The fourth-order valence-corrected chi connectivity index (χ4v) is 2.73. The Morgan fingerprint density at radius 2 is 2.17 bits per heavy atom. The number of rotatable bonds is 1. The first-order chi connectivity index (χ1) is 2.93. The predicted octanol–water partition coefficient (Wildman–Crippen LogP) is 1.01. The molecule has 0 aromatic rings. The Hall–Kier alpha value is 0.683. The van der Waals surface area contributed by atoms with E-state index >= 15 is 0 Å². The first-order valence-corrected chi connectivity index (χ1v) is 5.68. The minimum absolute atomic E-state index is 0.741. The molecule has 2 heteroatoms. The molecule has 1 nitrogen and oxygen atoms in total. The van der Waals surface area contributed by atoms with Gasteiger partial charge in [-0.2, -0.15) is 0 Å². The summed E-state index contributed by atoms with van der Waals surface area (Å²) < 4.78 is 10.8. The van der Waals surface area contributed by atoms with Gasteiger partial charge in [0.1, 0.15) is 0 Å². The quantitative estimate of drug-likeness (QED) is 0.655. The summed E-state index contributed by atoms with van der Waals surface area (Å²) in [5.74, 6) is 0. The molecular weight excluding hydrogens is 273 g/mol. The zero-order chi connectivity index (χ0) is 4.41. The van der Waals surface area contributed by atoms with Crippen LogP contribution >= 0.6 is 0 Å². The van der Waals surface area contributed by atoms with Gasteiger partial charge in [-0.05, 0) is 0 Å². The van der Waals surface area contributed by atoms with Crippen LogP contribution in [0, 0.1) is 0 Å². The van der Waals surface area contributed by atoms with Gasteiger partial charge in [0.05, 0.1) is 0 Å².